The van der Waals surface area contributed by atoms with Crippen LogP contribution >= 0.6 is 11.3 Å². The van der Waals surface area contributed by atoms with Gasteiger partial charge in [0, 0.05) is 11.8 Å². The molecular weight excluding hydrogens is 214 g/mol. The Bertz CT molecular complexity index is 273. The number of hydrogen-bond donors (Lipinski definition) is 0. The summed E-state index contributed by atoms with van der Waals surface area (Å²) < 4.78 is 25.7. The summed E-state index contributed by atoms with van der Waals surface area (Å²) in [5.41, 5.74) is 0. The monoisotopic (exact) mass is 234 g/mol. The van der Waals surface area contributed by atoms with Crippen LogP contribution in [0.25, 0.3) is 0 Å². The van der Waals surface area contributed by atoms with Gasteiger partial charge in [-0.1, -0.05) is 27.7 Å². The third kappa shape index (κ3) is 4.29. The standard InChI is InChI=1S/C10H14F2S.C2H6/c1-4-7(2)8-5-6-9(13-8)10(3,11)12;1-2/h5-7H,4H2,1-3H3;1-2H3. The van der Waals surface area contributed by atoms with E-state index >= 15 is 0 Å². The molecule has 0 N–H and O–H groups in total. The molecule has 1 aromatic rings. The second-order valence-corrected chi connectivity index (χ2v) is 4.52. The van der Waals surface area contributed by atoms with E-state index in [0.29, 0.717) is 5.92 Å². The van der Waals surface area contributed by atoms with Crippen molar-refractivity contribution in [2.24, 2.45) is 0 Å². The van der Waals surface area contributed by atoms with E-state index < -0.39 is 5.92 Å². The molecule has 0 bridgehead atoms. The molecule has 1 heterocycles. The van der Waals surface area contributed by atoms with Crippen molar-refractivity contribution in [2.75, 3.05) is 0 Å². The first-order valence-electron chi connectivity index (χ1n) is 5.43. The predicted molar refractivity (Wildman–Crippen MR) is 63.9 cm³/mol. The topological polar surface area (TPSA) is 0 Å². The number of halogens is 2. The van der Waals surface area contributed by atoms with Crippen LogP contribution in [-0.2, 0) is 5.92 Å². The van der Waals surface area contributed by atoms with Crippen LogP contribution in [0.2, 0.25) is 0 Å². The summed E-state index contributed by atoms with van der Waals surface area (Å²) in [6.07, 6.45) is 0.995. The van der Waals surface area contributed by atoms with Crippen LogP contribution in [0.5, 0.6) is 0 Å². The van der Waals surface area contributed by atoms with E-state index in [-0.39, 0.29) is 4.88 Å². The van der Waals surface area contributed by atoms with Crippen molar-refractivity contribution in [3.8, 4) is 0 Å². The van der Waals surface area contributed by atoms with Crippen molar-refractivity contribution in [1.29, 1.82) is 0 Å². The molecule has 0 fully saturated rings. The molecule has 1 rings (SSSR count). The predicted octanol–water partition coefficient (Wildman–Crippen LogP) is 5.40. The van der Waals surface area contributed by atoms with Crippen LogP contribution in [0.3, 0.4) is 0 Å². The molecule has 88 valence electrons. The maximum atomic E-state index is 12.8. The van der Waals surface area contributed by atoms with Crippen molar-refractivity contribution in [2.45, 2.75) is 52.9 Å². The SMILES string of the molecule is CC.CCC(C)c1ccc(C(C)(F)F)s1. The second kappa shape index (κ2) is 6.21. The van der Waals surface area contributed by atoms with Gasteiger partial charge in [0.25, 0.3) is 5.92 Å². The fraction of sp³-hybridized carbons (Fsp3) is 0.667. The fourth-order valence-electron chi connectivity index (χ4n) is 1.05. The Hall–Kier alpha value is -0.440. The van der Waals surface area contributed by atoms with Crippen molar-refractivity contribution in [3.05, 3.63) is 21.9 Å². The molecule has 0 radical (unpaired) electrons. The summed E-state index contributed by atoms with van der Waals surface area (Å²) >= 11 is 1.22. The molecule has 0 saturated heterocycles. The van der Waals surface area contributed by atoms with Crippen LogP contribution < -0.4 is 0 Å². The van der Waals surface area contributed by atoms with E-state index in [9.17, 15) is 8.78 Å². The molecule has 0 amide bonds. The lowest BCUT2D eigenvalue weighted by Crippen LogP contribution is -2.03. The minimum Gasteiger partial charge on any atom is -0.201 e. The maximum Gasteiger partial charge on any atom is 0.279 e. The summed E-state index contributed by atoms with van der Waals surface area (Å²) in [5, 5.41) is 0. The molecule has 1 atom stereocenters. The lowest BCUT2D eigenvalue weighted by Gasteiger charge is -2.07. The van der Waals surface area contributed by atoms with E-state index in [0.717, 1.165) is 18.2 Å². The molecule has 0 aliphatic rings. The zero-order valence-corrected chi connectivity index (χ0v) is 10.9. The normalized spacial score (nSPS) is 13.0. The van der Waals surface area contributed by atoms with E-state index in [1.165, 1.54) is 17.4 Å². The number of alkyl halides is 2. The van der Waals surface area contributed by atoms with Gasteiger partial charge in [-0.2, -0.15) is 0 Å². The molecule has 0 spiro atoms. The average Bonchev–Trinajstić information content (AvgIpc) is 2.68. The van der Waals surface area contributed by atoms with E-state index in [1.807, 2.05) is 19.9 Å². The average molecular weight is 234 g/mol. The first kappa shape index (κ1) is 14.6. The first-order chi connectivity index (χ1) is 6.95. The van der Waals surface area contributed by atoms with Gasteiger partial charge in [-0.15, -0.1) is 11.3 Å². The number of thiophene rings is 1. The number of rotatable bonds is 3. The molecule has 0 saturated carbocycles. The Morgan fingerprint density at radius 1 is 1.33 bits per heavy atom. The highest BCUT2D eigenvalue weighted by molar-refractivity contribution is 7.12. The first-order valence-corrected chi connectivity index (χ1v) is 6.24. The zero-order chi connectivity index (χ0) is 12.1. The van der Waals surface area contributed by atoms with Gasteiger partial charge in [-0.3, -0.25) is 0 Å². The molecule has 0 aliphatic heterocycles. The molecule has 0 aliphatic carbocycles. The Labute approximate surface area is 95.3 Å². The van der Waals surface area contributed by atoms with E-state index in [2.05, 4.69) is 13.8 Å². The van der Waals surface area contributed by atoms with E-state index in [4.69, 9.17) is 0 Å². The third-order valence-corrected chi connectivity index (χ3v) is 3.65. The van der Waals surface area contributed by atoms with Gasteiger partial charge < -0.3 is 0 Å². The smallest absolute Gasteiger partial charge is 0.201 e. The van der Waals surface area contributed by atoms with Gasteiger partial charge in [0.15, 0.2) is 0 Å². The van der Waals surface area contributed by atoms with Gasteiger partial charge in [0.2, 0.25) is 0 Å². The third-order valence-electron chi connectivity index (χ3n) is 2.16. The van der Waals surface area contributed by atoms with Gasteiger partial charge in [0.1, 0.15) is 0 Å². The summed E-state index contributed by atoms with van der Waals surface area (Å²) in [6, 6.07) is 3.34. The summed E-state index contributed by atoms with van der Waals surface area (Å²) in [7, 11) is 0. The summed E-state index contributed by atoms with van der Waals surface area (Å²) in [6.45, 7) is 9.07. The molecule has 3 heteroatoms. The van der Waals surface area contributed by atoms with Crippen LogP contribution in [0.4, 0.5) is 8.78 Å². The largest absolute Gasteiger partial charge is 0.279 e. The lowest BCUT2D eigenvalue weighted by molar-refractivity contribution is 0.0215. The lowest BCUT2D eigenvalue weighted by atomic mass is 10.1. The molecule has 1 aromatic heterocycles. The zero-order valence-electron chi connectivity index (χ0n) is 10.1. The van der Waals surface area contributed by atoms with Crippen LogP contribution in [0, 0.1) is 0 Å². The summed E-state index contributed by atoms with van der Waals surface area (Å²) in [5.74, 6) is -2.29. The van der Waals surface area contributed by atoms with Gasteiger partial charge >= 0.3 is 0 Å². The minimum absolute atomic E-state index is 0.169. The van der Waals surface area contributed by atoms with Crippen LogP contribution in [0.1, 0.15) is 56.7 Å². The molecular formula is C12H20F2S. The Morgan fingerprint density at radius 2 is 1.87 bits per heavy atom. The van der Waals surface area contributed by atoms with Crippen molar-refractivity contribution >= 4 is 11.3 Å². The van der Waals surface area contributed by atoms with Crippen LogP contribution in [0.15, 0.2) is 12.1 Å². The second-order valence-electron chi connectivity index (χ2n) is 3.40. The Morgan fingerprint density at radius 3 is 2.20 bits per heavy atom. The Kier molecular flexibility index (Phi) is 6.03. The highest BCUT2D eigenvalue weighted by atomic mass is 32.1. The maximum absolute atomic E-state index is 12.8. The number of hydrogen-bond acceptors (Lipinski definition) is 1. The molecule has 0 nitrogen and oxygen atoms in total. The highest BCUT2D eigenvalue weighted by Gasteiger charge is 2.26. The van der Waals surface area contributed by atoms with Gasteiger partial charge in [-0.05, 0) is 24.5 Å². The molecule has 15 heavy (non-hydrogen) atoms. The summed E-state index contributed by atoms with van der Waals surface area (Å²) in [4.78, 5) is 1.22. The minimum atomic E-state index is -2.68. The Balaban J connectivity index is 0.000000921. The van der Waals surface area contributed by atoms with Crippen LogP contribution in [-0.4, -0.2) is 0 Å². The van der Waals surface area contributed by atoms with Crippen molar-refractivity contribution < 1.29 is 8.78 Å². The van der Waals surface area contributed by atoms with Crippen molar-refractivity contribution in [1.82, 2.24) is 0 Å². The quantitative estimate of drug-likeness (QED) is 0.657. The van der Waals surface area contributed by atoms with Gasteiger partial charge in [0.05, 0.1) is 4.88 Å². The fourth-order valence-corrected chi connectivity index (χ4v) is 2.13. The van der Waals surface area contributed by atoms with Crippen molar-refractivity contribution in [3.63, 3.8) is 0 Å². The van der Waals surface area contributed by atoms with Gasteiger partial charge in [-0.25, -0.2) is 8.78 Å². The highest BCUT2D eigenvalue weighted by Crippen LogP contribution is 2.36. The van der Waals surface area contributed by atoms with E-state index in [1.54, 1.807) is 0 Å². The molecule has 1 unspecified atom stereocenters. The molecule has 0 aromatic carbocycles.